The molecule has 0 spiro atoms. The van der Waals surface area contributed by atoms with Gasteiger partial charge in [-0.3, -0.25) is 9.59 Å². The molecule has 0 bridgehead atoms. The van der Waals surface area contributed by atoms with Gasteiger partial charge in [-0.15, -0.1) is 0 Å². The van der Waals surface area contributed by atoms with Gasteiger partial charge in [-0.25, -0.2) is 13.8 Å². The standard InChI is InChI=1S/C26H19ClF2N4O2S/c27-17-5-3-4-16(12-17)22-13-21(15-8-10-18(28)11-9-15)32-33(22)26-31-25(35)23(36-26)14-24(34)30-20-7-2-1-6-19(20)29/h1-12,22-23H,13-14H2,(H,30,34)/t22-,23-/m0/s1. The van der Waals surface area contributed by atoms with Crippen molar-refractivity contribution in [3.8, 4) is 0 Å². The minimum Gasteiger partial charge on any atom is -0.324 e. The first-order valence-corrected chi connectivity index (χ1v) is 12.3. The third kappa shape index (κ3) is 5.17. The van der Waals surface area contributed by atoms with Crippen LogP contribution in [0.3, 0.4) is 0 Å². The fourth-order valence-electron chi connectivity index (χ4n) is 4.01. The monoisotopic (exact) mass is 524 g/mol. The SMILES string of the molecule is O=C(C[C@@H]1SC(N2N=C(c3ccc(F)cc3)C[C@H]2c2cccc(Cl)c2)=NC1=O)Nc1ccccc1F. The maximum Gasteiger partial charge on any atom is 0.262 e. The van der Waals surface area contributed by atoms with Gasteiger partial charge in [0.1, 0.15) is 16.9 Å². The van der Waals surface area contributed by atoms with Gasteiger partial charge >= 0.3 is 0 Å². The number of rotatable bonds is 5. The largest absolute Gasteiger partial charge is 0.324 e. The van der Waals surface area contributed by atoms with E-state index >= 15 is 0 Å². The molecule has 3 aromatic rings. The number of anilines is 1. The minimum absolute atomic E-state index is 0.0493. The summed E-state index contributed by atoms with van der Waals surface area (Å²) in [5.74, 6) is -1.87. The Morgan fingerprint density at radius 2 is 1.86 bits per heavy atom. The summed E-state index contributed by atoms with van der Waals surface area (Å²) in [4.78, 5) is 29.4. The molecule has 10 heteroatoms. The van der Waals surface area contributed by atoms with Crippen molar-refractivity contribution in [2.24, 2.45) is 10.1 Å². The Kier molecular flexibility index (Phi) is 6.84. The number of carbonyl (C=O) groups is 2. The minimum atomic E-state index is -0.767. The van der Waals surface area contributed by atoms with E-state index in [1.165, 1.54) is 30.3 Å². The van der Waals surface area contributed by atoms with Crippen LogP contribution < -0.4 is 5.32 Å². The molecular formula is C26H19ClF2N4O2S. The molecule has 2 aliphatic rings. The number of halogens is 3. The van der Waals surface area contributed by atoms with Crippen LogP contribution in [0.2, 0.25) is 5.02 Å². The summed E-state index contributed by atoms with van der Waals surface area (Å²) in [6.45, 7) is 0. The highest BCUT2D eigenvalue weighted by Gasteiger charge is 2.39. The maximum absolute atomic E-state index is 13.9. The molecule has 0 saturated heterocycles. The molecule has 6 nitrogen and oxygen atoms in total. The number of aliphatic imine (C=N–C) groups is 1. The number of benzene rings is 3. The van der Waals surface area contributed by atoms with E-state index in [0.717, 1.165) is 22.9 Å². The van der Waals surface area contributed by atoms with Gasteiger partial charge in [0.2, 0.25) is 5.91 Å². The molecular weight excluding hydrogens is 506 g/mol. The van der Waals surface area contributed by atoms with Gasteiger partial charge in [0.15, 0.2) is 5.17 Å². The molecule has 36 heavy (non-hydrogen) atoms. The molecule has 2 aliphatic heterocycles. The number of para-hydroxylation sites is 1. The predicted octanol–water partition coefficient (Wildman–Crippen LogP) is 5.80. The third-order valence-corrected chi connectivity index (χ3v) is 7.14. The van der Waals surface area contributed by atoms with Crippen LogP contribution in [-0.4, -0.2) is 33.0 Å². The number of carbonyl (C=O) groups excluding carboxylic acids is 2. The van der Waals surface area contributed by atoms with Gasteiger partial charge in [-0.2, -0.15) is 10.1 Å². The Morgan fingerprint density at radius 1 is 1.08 bits per heavy atom. The topological polar surface area (TPSA) is 74.1 Å². The lowest BCUT2D eigenvalue weighted by molar-refractivity contribution is -0.121. The zero-order chi connectivity index (χ0) is 25.2. The first kappa shape index (κ1) is 24.1. The quantitative estimate of drug-likeness (QED) is 0.458. The second-order valence-electron chi connectivity index (χ2n) is 8.24. The van der Waals surface area contributed by atoms with E-state index in [-0.39, 0.29) is 24.0 Å². The van der Waals surface area contributed by atoms with Gasteiger partial charge in [-0.1, -0.05) is 59.8 Å². The molecule has 3 aromatic carbocycles. The van der Waals surface area contributed by atoms with Crippen LogP contribution in [0.5, 0.6) is 0 Å². The third-order valence-electron chi connectivity index (χ3n) is 5.76. The number of nitrogens with zero attached hydrogens (tertiary/aromatic N) is 3. The highest BCUT2D eigenvalue weighted by molar-refractivity contribution is 8.15. The molecule has 0 fully saturated rings. The maximum atomic E-state index is 13.9. The van der Waals surface area contributed by atoms with Crippen LogP contribution in [0, 0.1) is 11.6 Å². The smallest absolute Gasteiger partial charge is 0.262 e. The highest BCUT2D eigenvalue weighted by atomic mass is 35.5. The second-order valence-corrected chi connectivity index (χ2v) is 9.85. The summed E-state index contributed by atoms with van der Waals surface area (Å²) >= 11 is 7.36. The van der Waals surface area contributed by atoms with Gasteiger partial charge in [-0.05, 0) is 47.5 Å². The van der Waals surface area contributed by atoms with Crippen molar-refractivity contribution in [1.29, 1.82) is 0 Å². The van der Waals surface area contributed by atoms with Crippen molar-refractivity contribution < 1.29 is 18.4 Å². The lowest BCUT2D eigenvalue weighted by atomic mass is 9.98. The molecule has 0 aromatic heterocycles. The van der Waals surface area contributed by atoms with E-state index < -0.39 is 22.9 Å². The Labute approximate surface area is 215 Å². The summed E-state index contributed by atoms with van der Waals surface area (Å²) in [6.07, 6.45) is 0.313. The zero-order valence-corrected chi connectivity index (χ0v) is 20.3. The summed E-state index contributed by atoms with van der Waals surface area (Å²) in [5.41, 5.74) is 2.38. The van der Waals surface area contributed by atoms with E-state index in [1.807, 2.05) is 18.2 Å². The van der Waals surface area contributed by atoms with Crippen LogP contribution in [0.4, 0.5) is 14.5 Å². The average Bonchev–Trinajstić information content (AvgIpc) is 3.45. The van der Waals surface area contributed by atoms with Crippen molar-refractivity contribution in [2.75, 3.05) is 5.32 Å². The molecule has 2 heterocycles. The molecule has 2 atom stereocenters. The van der Waals surface area contributed by atoms with E-state index in [0.29, 0.717) is 22.3 Å². The number of amides is 2. The number of hydrazone groups is 1. The van der Waals surface area contributed by atoms with Crippen LogP contribution >= 0.6 is 23.4 Å². The molecule has 1 N–H and O–H groups in total. The van der Waals surface area contributed by atoms with Crippen LogP contribution in [-0.2, 0) is 9.59 Å². The molecule has 0 saturated carbocycles. The summed E-state index contributed by atoms with van der Waals surface area (Å²) in [6, 6.07) is 18.9. The fourth-order valence-corrected chi connectivity index (χ4v) is 5.27. The lowest BCUT2D eigenvalue weighted by Gasteiger charge is -2.23. The van der Waals surface area contributed by atoms with Gasteiger partial charge in [0, 0.05) is 17.9 Å². The molecule has 0 aliphatic carbocycles. The zero-order valence-electron chi connectivity index (χ0n) is 18.7. The Bertz CT molecular complexity index is 1400. The highest BCUT2D eigenvalue weighted by Crippen LogP contribution is 2.39. The molecule has 0 radical (unpaired) electrons. The number of nitrogens with one attached hydrogen (secondary N) is 1. The van der Waals surface area contributed by atoms with Crippen LogP contribution in [0.15, 0.2) is 82.9 Å². The molecule has 0 unspecified atom stereocenters. The van der Waals surface area contributed by atoms with Crippen LogP contribution in [0.25, 0.3) is 0 Å². The van der Waals surface area contributed by atoms with E-state index in [1.54, 1.807) is 29.3 Å². The number of hydrogen-bond acceptors (Lipinski definition) is 5. The van der Waals surface area contributed by atoms with Crippen molar-refractivity contribution >= 4 is 51.7 Å². The Hall–Kier alpha value is -3.56. The van der Waals surface area contributed by atoms with Crippen molar-refractivity contribution in [3.05, 3.63) is 101 Å². The average molecular weight is 525 g/mol. The molecule has 182 valence electrons. The molecule has 5 rings (SSSR count). The number of thioether (sulfide) groups is 1. The van der Waals surface area contributed by atoms with Crippen molar-refractivity contribution in [1.82, 2.24) is 5.01 Å². The summed E-state index contributed by atoms with van der Waals surface area (Å²) < 4.78 is 27.3. The van der Waals surface area contributed by atoms with Gasteiger partial charge in [0.25, 0.3) is 5.91 Å². The normalized spacial score (nSPS) is 19.3. The molecule has 2 amide bonds. The summed E-state index contributed by atoms with van der Waals surface area (Å²) in [7, 11) is 0. The van der Waals surface area contributed by atoms with Gasteiger partial charge < -0.3 is 5.32 Å². The number of amidine groups is 1. The van der Waals surface area contributed by atoms with E-state index in [9.17, 15) is 18.4 Å². The van der Waals surface area contributed by atoms with E-state index in [2.05, 4.69) is 10.3 Å². The van der Waals surface area contributed by atoms with E-state index in [4.69, 9.17) is 16.7 Å². The van der Waals surface area contributed by atoms with Crippen LogP contribution in [0.1, 0.15) is 30.0 Å². The van der Waals surface area contributed by atoms with Gasteiger partial charge in [0.05, 0.1) is 17.4 Å². The first-order valence-electron chi connectivity index (χ1n) is 11.1. The Balaban J connectivity index is 1.36. The fraction of sp³-hybridized carbons (Fsp3) is 0.154. The Morgan fingerprint density at radius 3 is 2.61 bits per heavy atom. The summed E-state index contributed by atoms with van der Waals surface area (Å²) in [5, 5.41) is 9.01. The predicted molar refractivity (Wildman–Crippen MR) is 137 cm³/mol. The second kappa shape index (κ2) is 10.2. The first-order chi connectivity index (χ1) is 17.4. The lowest BCUT2D eigenvalue weighted by Crippen LogP contribution is -2.25. The number of hydrogen-bond donors (Lipinski definition) is 1. The van der Waals surface area contributed by atoms with Crippen molar-refractivity contribution in [3.63, 3.8) is 0 Å². The van der Waals surface area contributed by atoms with Crippen molar-refractivity contribution in [2.45, 2.75) is 24.1 Å².